The van der Waals surface area contributed by atoms with Crippen molar-refractivity contribution in [1.82, 2.24) is 0 Å². The summed E-state index contributed by atoms with van der Waals surface area (Å²) in [5.41, 5.74) is -1.00. The summed E-state index contributed by atoms with van der Waals surface area (Å²) in [7, 11) is 0. The maximum atomic E-state index is 12.9. The lowest BCUT2D eigenvalue weighted by molar-refractivity contribution is -0.137. The van der Waals surface area contributed by atoms with E-state index in [2.05, 4.69) is 0 Å². The van der Waals surface area contributed by atoms with E-state index in [9.17, 15) is 28.0 Å². The van der Waals surface area contributed by atoms with Crippen LogP contribution in [-0.2, 0) is 6.18 Å². The molecule has 1 aliphatic rings. The molecule has 0 fully saturated rings. The Hall–Kier alpha value is -3.34. The molecule has 0 radical (unpaired) electrons. The minimum absolute atomic E-state index is 0.0136. The molecular weight excluding hydrogens is 337 g/mol. The van der Waals surface area contributed by atoms with E-state index in [0.29, 0.717) is 0 Å². The largest absolute Gasteiger partial charge is 0.478 e. The number of benzene rings is 2. The first-order valence-corrected chi connectivity index (χ1v) is 7.01. The van der Waals surface area contributed by atoms with Gasteiger partial charge in [-0.15, -0.1) is 0 Å². The van der Waals surface area contributed by atoms with E-state index in [-0.39, 0.29) is 22.4 Å². The number of nitrogens with zero attached hydrogens (tertiary/aromatic N) is 2. The maximum absolute atomic E-state index is 12.9. The van der Waals surface area contributed by atoms with E-state index in [1.807, 2.05) is 6.07 Å². The van der Waals surface area contributed by atoms with Crippen LogP contribution < -0.4 is 4.90 Å². The first kappa shape index (κ1) is 16.5. The van der Waals surface area contributed by atoms with Crippen molar-refractivity contribution in [3.05, 3.63) is 64.7 Å². The van der Waals surface area contributed by atoms with Gasteiger partial charge in [-0.05, 0) is 36.4 Å². The van der Waals surface area contributed by atoms with Crippen molar-refractivity contribution in [1.29, 1.82) is 5.26 Å². The Labute approximate surface area is 139 Å². The van der Waals surface area contributed by atoms with Crippen LogP contribution in [0.4, 0.5) is 18.9 Å². The molecule has 1 aliphatic heterocycles. The molecule has 1 amide bonds. The number of hydrogen-bond donors (Lipinski definition) is 1. The lowest BCUT2D eigenvalue weighted by Crippen LogP contribution is -2.27. The molecule has 1 heterocycles. The van der Waals surface area contributed by atoms with E-state index in [1.54, 1.807) is 0 Å². The zero-order valence-electron chi connectivity index (χ0n) is 12.4. The molecule has 1 unspecified atom stereocenters. The summed E-state index contributed by atoms with van der Waals surface area (Å²) < 4.78 is 38.7. The molecular formula is C17H9F3N2O3. The molecule has 5 nitrogen and oxygen atoms in total. The first-order chi connectivity index (χ1) is 11.7. The van der Waals surface area contributed by atoms with Crippen molar-refractivity contribution >= 4 is 17.6 Å². The van der Waals surface area contributed by atoms with E-state index in [1.165, 1.54) is 24.3 Å². The van der Waals surface area contributed by atoms with Gasteiger partial charge in [0.15, 0.2) is 6.04 Å². The van der Waals surface area contributed by atoms with Crippen LogP contribution in [0.5, 0.6) is 0 Å². The number of aromatic carboxylic acids is 1. The molecule has 2 aromatic carbocycles. The van der Waals surface area contributed by atoms with Crippen molar-refractivity contribution in [3.8, 4) is 6.07 Å². The van der Waals surface area contributed by atoms with Gasteiger partial charge in [0, 0.05) is 16.8 Å². The number of carbonyl (C=O) groups excluding carboxylic acids is 1. The number of carbonyl (C=O) groups is 2. The lowest BCUT2D eigenvalue weighted by Gasteiger charge is -2.20. The fourth-order valence-corrected chi connectivity index (χ4v) is 2.73. The third-order valence-corrected chi connectivity index (χ3v) is 3.87. The predicted molar refractivity (Wildman–Crippen MR) is 80.0 cm³/mol. The molecule has 0 saturated heterocycles. The molecule has 0 spiro atoms. The third kappa shape index (κ3) is 2.70. The minimum atomic E-state index is -4.60. The van der Waals surface area contributed by atoms with Crippen LogP contribution in [0.15, 0.2) is 42.5 Å². The Balaban J connectivity index is 2.12. The van der Waals surface area contributed by atoms with Gasteiger partial charge in [-0.1, -0.05) is 6.07 Å². The first-order valence-electron chi connectivity index (χ1n) is 7.01. The highest BCUT2D eigenvalue weighted by atomic mass is 19.4. The summed E-state index contributed by atoms with van der Waals surface area (Å²) in [6.45, 7) is 0. The number of nitriles is 1. The monoisotopic (exact) mass is 346 g/mol. The molecule has 0 aliphatic carbocycles. The fourth-order valence-electron chi connectivity index (χ4n) is 2.73. The lowest BCUT2D eigenvalue weighted by atomic mass is 10.0. The third-order valence-electron chi connectivity index (χ3n) is 3.87. The average Bonchev–Trinajstić information content (AvgIpc) is 2.85. The number of anilines is 1. The Morgan fingerprint density at radius 2 is 1.92 bits per heavy atom. The number of hydrogen-bond acceptors (Lipinski definition) is 3. The Morgan fingerprint density at radius 3 is 2.52 bits per heavy atom. The van der Waals surface area contributed by atoms with Crippen LogP contribution in [0.3, 0.4) is 0 Å². The fraction of sp³-hybridized carbons (Fsp3) is 0.118. The van der Waals surface area contributed by atoms with Crippen molar-refractivity contribution in [2.24, 2.45) is 0 Å². The van der Waals surface area contributed by atoms with Crippen molar-refractivity contribution in [2.75, 3.05) is 4.90 Å². The summed E-state index contributed by atoms with van der Waals surface area (Å²) >= 11 is 0. The van der Waals surface area contributed by atoms with Gasteiger partial charge < -0.3 is 5.11 Å². The number of carboxylic acid groups (broad SMARTS) is 1. The summed E-state index contributed by atoms with van der Waals surface area (Å²) in [6.07, 6.45) is -4.60. The highest BCUT2D eigenvalue weighted by Crippen LogP contribution is 2.40. The Kier molecular flexibility index (Phi) is 3.72. The number of amides is 1. The van der Waals surface area contributed by atoms with Crippen molar-refractivity contribution < 1.29 is 27.9 Å². The molecule has 2 aromatic rings. The van der Waals surface area contributed by atoms with Crippen LogP contribution in [0.25, 0.3) is 0 Å². The van der Waals surface area contributed by atoms with Crippen LogP contribution in [0, 0.1) is 11.3 Å². The quantitative estimate of drug-likeness (QED) is 0.900. The van der Waals surface area contributed by atoms with Gasteiger partial charge in [-0.2, -0.15) is 18.4 Å². The molecule has 3 rings (SSSR count). The molecule has 25 heavy (non-hydrogen) atoms. The van der Waals surface area contributed by atoms with Gasteiger partial charge in [-0.25, -0.2) is 4.79 Å². The van der Waals surface area contributed by atoms with Crippen LogP contribution >= 0.6 is 0 Å². The molecule has 8 heteroatoms. The highest BCUT2D eigenvalue weighted by Gasteiger charge is 2.40. The van der Waals surface area contributed by atoms with E-state index < -0.39 is 29.7 Å². The summed E-state index contributed by atoms with van der Waals surface area (Å²) in [4.78, 5) is 24.6. The second kappa shape index (κ2) is 5.63. The SMILES string of the molecule is N#CC1c2cc(C(F)(F)F)ccc2C(=O)N1c1cccc(C(=O)O)c1. The summed E-state index contributed by atoms with van der Waals surface area (Å²) in [5.74, 6) is -1.88. The van der Waals surface area contributed by atoms with E-state index in [4.69, 9.17) is 5.11 Å². The second-order valence-electron chi connectivity index (χ2n) is 5.36. The van der Waals surface area contributed by atoms with Gasteiger partial charge in [-0.3, -0.25) is 9.69 Å². The summed E-state index contributed by atoms with van der Waals surface area (Å²) in [5, 5.41) is 18.4. The number of alkyl halides is 3. The van der Waals surface area contributed by atoms with Crippen LogP contribution in [0.1, 0.15) is 37.9 Å². The van der Waals surface area contributed by atoms with Gasteiger partial charge in [0.05, 0.1) is 17.2 Å². The normalized spacial score (nSPS) is 16.5. The molecule has 0 bridgehead atoms. The molecule has 1 atom stereocenters. The molecule has 126 valence electrons. The number of halogens is 3. The number of fused-ring (bicyclic) bond motifs is 1. The molecule has 0 aromatic heterocycles. The Bertz CT molecular complexity index is 931. The summed E-state index contributed by atoms with van der Waals surface area (Å²) in [6, 6.07) is 8.46. The van der Waals surface area contributed by atoms with Gasteiger partial charge >= 0.3 is 12.1 Å². The number of carboxylic acids is 1. The predicted octanol–water partition coefficient (Wildman–Crippen LogP) is 3.63. The topological polar surface area (TPSA) is 81.4 Å². The highest BCUT2D eigenvalue weighted by molar-refractivity contribution is 6.12. The maximum Gasteiger partial charge on any atom is 0.416 e. The minimum Gasteiger partial charge on any atom is -0.478 e. The van der Waals surface area contributed by atoms with E-state index in [0.717, 1.165) is 23.1 Å². The molecule has 0 saturated carbocycles. The number of rotatable bonds is 2. The zero-order chi connectivity index (χ0) is 18.4. The average molecular weight is 346 g/mol. The van der Waals surface area contributed by atoms with Crippen LogP contribution in [-0.4, -0.2) is 17.0 Å². The zero-order valence-corrected chi connectivity index (χ0v) is 12.4. The second-order valence-corrected chi connectivity index (χ2v) is 5.36. The standard InChI is InChI=1S/C17H9F3N2O3/c18-17(19,20)10-4-5-12-13(7-10)14(8-21)22(15(12)23)11-3-1-2-9(6-11)16(24)25/h1-7,14H,(H,24,25). The van der Waals surface area contributed by atoms with Gasteiger partial charge in [0.1, 0.15) is 0 Å². The molecule has 1 N–H and O–H groups in total. The smallest absolute Gasteiger partial charge is 0.416 e. The Morgan fingerprint density at radius 1 is 1.20 bits per heavy atom. The van der Waals surface area contributed by atoms with Crippen molar-refractivity contribution in [2.45, 2.75) is 12.2 Å². The van der Waals surface area contributed by atoms with Gasteiger partial charge in [0.2, 0.25) is 0 Å². The van der Waals surface area contributed by atoms with Gasteiger partial charge in [0.25, 0.3) is 5.91 Å². The van der Waals surface area contributed by atoms with E-state index >= 15 is 0 Å². The van der Waals surface area contributed by atoms with Crippen LogP contribution in [0.2, 0.25) is 0 Å². The van der Waals surface area contributed by atoms with Crippen molar-refractivity contribution in [3.63, 3.8) is 0 Å².